The van der Waals surface area contributed by atoms with Crippen molar-refractivity contribution < 1.29 is 9.13 Å². The quantitative estimate of drug-likeness (QED) is 0.841. The van der Waals surface area contributed by atoms with Gasteiger partial charge in [0.25, 0.3) is 0 Å². The van der Waals surface area contributed by atoms with Gasteiger partial charge in [0, 0.05) is 25.3 Å². The first kappa shape index (κ1) is 12.4. The SMILES string of the molecule is COC[C@@H](C)NCc1cccc(Cl)c1F. The predicted molar refractivity (Wildman–Crippen MR) is 59.6 cm³/mol. The molecule has 0 heterocycles. The van der Waals surface area contributed by atoms with Gasteiger partial charge in [-0.05, 0) is 13.0 Å². The molecule has 1 aromatic carbocycles. The van der Waals surface area contributed by atoms with Crippen LogP contribution in [0.15, 0.2) is 18.2 Å². The molecule has 1 aromatic rings. The summed E-state index contributed by atoms with van der Waals surface area (Å²) in [5, 5.41) is 3.31. The van der Waals surface area contributed by atoms with Gasteiger partial charge in [-0.1, -0.05) is 23.7 Å². The van der Waals surface area contributed by atoms with E-state index in [0.29, 0.717) is 18.7 Å². The minimum absolute atomic E-state index is 0.161. The summed E-state index contributed by atoms with van der Waals surface area (Å²) in [5.41, 5.74) is 0.574. The van der Waals surface area contributed by atoms with E-state index in [4.69, 9.17) is 16.3 Å². The molecule has 2 nitrogen and oxygen atoms in total. The van der Waals surface area contributed by atoms with Crippen LogP contribution >= 0.6 is 11.6 Å². The fourth-order valence-corrected chi connectivity index (χ4v) is 1.47. The third-order valence-corrected chi connectivity index (χ3v) is 2.38. The maximum Gasteiger partial charge on any atom is 0.146 e. The van der Waals surface area contributed by atoms with Crippen molar-refractivity contribution in [2.24, 2.45) is 0 Å². The Hall–Kier alpha value is -0.640. The highest BCUT2D eigenvalue weighted by Crippen LogP contribution is 2.17. The number of hydrogen-bond acceptors (Lipinski definition) is 2. The molecule has 0 radical (unpaired) electrons. The Bertz CT molecular complexity index is 319. The van der Waals surface area contributed by atoms with Gasteiger partial charge >= 0.3 is 0 Å². The molecule has 0 aliphatic carbocycles. The Labute approximate surface area is 94.4 Å². The standard InChI is InChI=1S/C11H15ClFNO/c1-8(7-15-2)14-6-9-4-3-5-10(12)11(9)13/h3-5,8,14H,6-7H2,1-2H3/t8-/m1/s1. The molecular formula is C11H15ClFNO. The van der Waals surface area contributed by atoms with Crippen LogP contribution in [-0.2, 0) is 11.3 Å². The van der Waals surface area contributed by atoms with E-state index in [9.17, 15) is 4.39 Å². The fraction of sp³-hybridized carbons (Fsp3) is 0.455. The summed E-state index contributed by atoms with van der Waals surface area (Å²) in [4.78, 5) is 0. The van der Waals surface area contributed by atoms with Crippen molar-refractivity contribution in [3.05, 3.63) is 34.6 Å². The molecule has 0 aliphatic heterocycles. The van der Waals surface area contributed by atoms with Gasteiger partial charge in [0.05, 0.1) is 11.6 Å². The summed E-state index contributed by atoms with van der Waals surface area (Å²) in [6, 6.07) is 5.18. The average molecular weight is 232 g/mol. The summed E-state index contributed by atoms with van der Waals surface area (Å²) >= 11 is 5.66. The second-order valence-corrected chi connectivity index (χ2v) is 3.86. The predicted octanol–water partition coefficient (Wildman–Crippen LogP) is 2.60. The molecule has 0 amide bonds. The molecule has 1 atom stereocenters. The number of methoxy groups -OCH3 is 1. The Balaban J connectivity index is 2.54. The zero-order valence-corrected chi connectivity index (χ0v) is 9.64. The zero-order chi connectivity index (χ0) is 11.3. The van der Waals surface area contributed by atoms with Gasteiger partial charge in [-0.3, -0.25) is 0 Å². The molecule has 15 heavy (non-hydrogen) atoms. The minimum atomic E-state index is -0.351. The largest absolute Gasteiger partial charge is 0.383 e. The highest BCUT2D eigenvalue weighted by Gasteiger charge is 2.07. The molecule has 0 fully saturated rings. The van der Waals surface area contributed by atoms with Crippen molar-refractivity contribution in [2.45, 2.75) is 19.5 Å². The Morgan fingerprint density at radius 1 is 1.53 bits per heavy atom. The molecule has 0 saturated carbocycles. The lowest BCUT2D eigenvalue weighted by molar-refractivity contribution is 0.171. The van der Waals surface area contributed by atoms with Gasteiger partial charge in [0.1, 0.15) is 5.82 Å². The van der Waals surface area contributed by atoms with Crippen LogP contribution in [-0.4, -0.2) is 19.8 Å². The van der Waals surface area contributed by atoms with Gasteiger partial charge in [-0.2, -0.15) is 0 Å². The van der Waals surface area contributed by atoms with Crippen LogP contribution in [0.25, 0.3) is 0 Å². The topological polar surface area (TPSA) is 21.3 Å². The van der Waals surface area contributed by atoms with Crippen molar-refractivity contribution >= 4 is 11.6 Å². The Kier molecular flexibility index (Phi) is 5.02. The van der Waals surface area contributed by atoms with E-state index in [-0.39, 0.29) is 16.9 Å². The molecule has 1 N–H and O–H groups in total. The van der Waals surface area contributed by atoms with E-state index < -0.39 is 0 Å². The lowest BCUT2D eigenvalue weighted by Gasteiger charge is -2.13. The molecule has 0 aliphatic rings. The number of hydrogen-bond donors (Lipinski definition) is 1. The second-order valence-electron chi connectivity index (χ2n) is 3.45. The van der Waals surface area contributed by atoms with Crippen LogP contribution < -0.4 is 5.32 Å². The maximum absolute atomic E-state index is 13.4. The van der Waals surface area contributed by atoms with E-state index >= 15 is 0 Å². The highest BCUT2D eigenvalue weighted by molar-refractivity contribution is 6.30. The van der Waals surface area contributed by atoms with Crippen molar-refractivity contribution in [3.8, 4) is 0 Å². The summed E-state index contributed by atoms with van der Waals surface area (Å²) in [7, 11) is 1.64. The first-order valence-corrected chi connectivity index (χ1v) is 5.18. The van der Waals surface area contributed by atoms with Crippen LogP contribution in [0, 0.1) is 5.82 Å². The molecule has 0 unspecified atom stereocenters. The molecule has 0 spiro atoms. The number of halogens is 2. The summed E-state index contributed by atoms with van der Waals surface area (Å²) < 4.78 is 18.4. The number of nitrogens with one attached hydrogen (secondary N) is 1. The van der Waals surface area contributed by atoms with Gasteiger partial charge < -0.3 is 10.1 Å². The Morgan fingerprint density at radius 3 is 2.93 bits per heavy atom. The zero-order valence-electron chi connectivity index (χ0n) is 8.89. The molecule has 0 saturated heterocycles. The van der Waals surface area contributed by atoms with Crippen LogP contribution in [0.5, 0.6) is 0 Å². The second kappa shape index (κ2) is 6.05. The van der Waals surface area contributed by atoms with E-state index in [1.807, 2.05) is 6.92 Å². The third kappa shape index (κ3) is 3.78. The van der Waals surface area contributed by atoms with Gasteiger partial charge in [-0.25, -0.2) is 4.39 Å². The lowest BCUT2D eigenvalue weighted by atomic mass is 10.2. The first-order chi connectivity index (χ1) is 7.15. The van der Waals surface area contributed by atoms with Crippen molar-refractivity contribution in [1.29, 1.82) is 0 Å². The monoisotopic (exact) mass is 231 g/mol. The van der Waals surface area contributed by atoms with Crippen LogP contribution in [0.3, 0.4) is 0 Å². The van der Waals surface area contributed by atoms with E-state index in [0.717, 1.165) is 0 Å². The molecule has 84 valence electrons. The van der Waals surface area contributed by atoms with E-state index in [2.05, 4.69) is 5.32 Å². The average Bonchev–Trinajstić information content (AvgIpc) is 2.21. The smallest absolute Gasteiger partial charge is 0.146 e. The first-order valence-electron chi connectivity index (χ1n) is 4.80. The molecule has 0 bridgehead atoms. The van der Waals surface area contributed by atoms with Crippen molar-refractivity contribution in [3.63, 3.8) is 0 Å². The number of rotatable bonds is 5. The molecular weight excluding hydrogens is 217 g/mol. The van der Waals surface area contributed by atoms with Gasteiger partial charge in [0.15, 0.2) is 0 Å². The van der Waals surface area contributed by atoms with Crippen LogP contribution in [0.1, 0.15) is 12.5 Å². The number of ether oxygens (including phenoxy) is 1. The normalized spacial score (nSPS) is 12.8. The highest BCUT2D eigenvalue weighted by atomic mass is 35.5. The maximum atomic E-state index is 13.4. The van der Waals surface area contributed by atoms with Crippen molar-refractivity contribution in [1.82, 2.24) is 5.32 Å². The summed E-state index contributed by atoms with van der Waals surface area (Å²) in [5.74, 6) is -0.351. The van der Waals surface area contributed by atoms with E-state index in [1.54, 1.807) is 25.3 Å². The number of benzene rings is 1. The Morgan fingerprint density at radius 2 is 2.27 bits per heavy atom. The molecule has 0 aromatic heterocycles. The van der Waals surface area contributed by atoms with Gasteiger partial charge in [-0.15, -0.1) is 0 Å². The molecule has 1 rings (SSSR count). The lowest BCUT2D eigenvalue weighted by Crippen LogP contribution is -2.29. The molecule has 4 heteroatoms. The summed E-state index contributed by atoms with van der Waals surface area (Å²) in [6.07, 6.45) is 0. The van der Waals surface area contributed by atoms with Crippen LogP contribution in [0.2, 0.25) is 5.02 Å². The van der Waals surface area contributed by atoms with Gasteiger partial charge in [0.2, 0.25) is 0 Å². The fourth-order valence-electron chi connectivity index (χ4n) is 1.28. The minimum Gasteiger partial charge on any atom is -0.383 e. The van der Waals surface area contributed by atoms with Crippen molar-refractivity contribution in [2.75, 3.05) is 13.7 Å². The summed E-state index contributed by atoms with van der Waals surface area (Å²) in [6.45, 7) is 3.03. The third-order valence-electron chi connectivity index (χ3n) is 2.09. The van der Waals surface area contributed by atoms with Crippen LogP contribution in [0.4, 0.5) is 4.39 Å². The van der Waals surface area contributed by atoms with E-state index in [1.165, 1.54) is 0 Å².